The predicted octanol–water partition coefficient (Wildman–Crippen LogP) is 3.61. The number of methoxy groups -OCH3 is 1. The third-order valence-corrected chi connectivity index (χ3v) is 4.18. The number of nitro benzene ring substituents is 1. The molecule has 0 N–H and O–H groups in total. The number of hydrogen-bond donors (Lipinski definition) is 0. The Kier molecular flexibility index (Phi) is 5.87. The number of ether oxygens (including phenoxy) is 3. The van der Waals surface area contributed by atoms with E-state index < -0.39 is 16.6 Å². The molecule has 2 aromatic carbocycles. The molecule has 150 valence electrons. The first-order valence-electron chi connectivity index (χ1n) is 8.83. The molecule has 0 spiro atoms. The topological polar surface area (TPSA) is 114 Å². The van der Waals surface area contributed by atoms with Crippen molar-refractivity contribution in [3.8, 4) is 11.5 Å². The zero-order chi connectivity index (χ0) is 21.0. The van der Waals surface area contributed by atoms with Gasteiger partial charge in [-0.05, 0) is 26.0 Å². The number of aryl methyl sites for hydroxylation is 1. The second-order valence-corrected chi connectivity index (χ2v) is 6.03. The molecule has 1 heterocycles. The van der Waals surface area contributed by atoms with Gasteiger partial charge in [0.05, 0.1) is 47.1 Å². The molecule has 0 radical (unpaired) electrons. The summed E-state index contributed by atoms with van der Waals surface area (Å²) in [7, 11) is 1.36. The second-order valence-electron chi connectivity index (χ2n) is 6.03. The van der Waals surface area contributed by atoms with Gasteiger partial charge in [0, 0.05) is 6.07 Å². The van der Waals surface area contributed by atoms with Crippen molar-refractivity contribution < 1.29 is 23.9 Å². The van der Waals surface area contributed by atoms with E-state index in [1.165, 1.54) is 13.2 Å². The Morgan fingerprint density at radius 2 is 1.83 bits per heavy atom. The van der Waals surface area contributed by atoms with Gasteiger partial charge in [-0.2, -0.15) is 0 Å². The smallest absolute Gasteiger partial charge is 0.345 e. The van der Waals surface area contributed by atoms with Crippen LogP contribution in [0.5, 0.6) is 11.5 Å². The van der Waals surface area contributed by atoms with E-state index in [-0.39, 0.29) is 23.7 Å². The summed E-state index contributed by atoms with van der Waals surface area (Å²) >= 11 is 0. The van der Waals surface area contributed by atoms with Crippen molar-refractivity contribution in [2.24, 2.45) is 0 Å². The largest absolute Gasteiger partial charge is 0.493 e. The fraction of sp³-hybridized carbons (Fsp3) is 0.250. The first kappa shape index (κ1) is 20.0. The van der Waals surface area contributed by atoms with Gasteiger partial charge >= 0.3 is 5.97 Å². The molecule has 0 fully saturated rings. The van der Waals surface area contributed by atoms with E-state index in [1.54, 1.807) is 19.9 Å². The Labute approximate surface area is 166 Å². The lowest BCUT2D eigenvalue weighted by molar-refractivity contribution is -0.385. The van der Waals surface area contributed by atoms with Crippen LogP contribution in [0, 0.1) is 17.0 Å². The summed E-state index contributed by atoms with van der Waals surface area (Å²) in [5.74, 6) is -0.491. The molecule has 0 bridgehead atoms. The molecule has 0 aliphatic heterocycles. The average molecular weight is 397 g/mol. The second kappa shape index (κ2) is 8.51. The molecule has 9 heteroatoms. The highest BCUT2D eigenvalue weighted by Gasteiger charge is 2.26. The van der Waals surface area contributed by atoms with E-state index in [0.717, 1.165) is 11.6 Å². The van der Waals surface area contributed by atoms with Crippen LogP contribution in [0.25, 0.3) is 11.0 Å². The van der Waals surface area contributed by atoms with Crippen LogP contribution in [0.15, 0.2) is 36.4 Å². The van der Waals surface area contributed by atoms with Crippen molar-refractivity contribution in [2.45, 2.75) is 20.5 Å². The number of hydrogen-bond acceptors (Lipinski definition) is 8. The molecule has 0 unspecified atom stereocenters. The summed E-state index contributed by atoms with van der Waals surface area (Å²) in [6.07, 6.45) is 0. The van der Waals surface area contributed by atoms with Gasteiger partial charge in [0.25, 0.3) is 5.69 Å². The first-order valence-corrected chi connectivity index (χ1v) is 8.83. The van der Waals surface area contributed by atoms with Crippen LogP contribution in [0.1, 0.15) is 28.7 Å². The van der Waals surface area contributed by atoms with E-state index in [4.69, 9.17) is 14.2 Å². The van der Waals surface area contributed by atoms with Crippen molar-refractivity contribution in [3.05, 3.63) is 63.5 Å². The molecule has 0 amide bonds. The highest BCUT2D eigenvalue weighted by molar-refractivity contribution is 5.95. The maximum absolute atomic E-state index is 12.6. The van der Waals surface area contributed by atoms with Crippen LogP contribution in [-0.4, -0.2) is 34.6 Å². The fourth-order valence-electron chi connectivity index (χ4n) is 2.76. The van der Waals surface area contributed by atoms with Gasteiger partial charge in [-0.3, -0.25) is 10.1 Å². The summed E-state index contributed by atoms with van der Waals surface area (Å²) in [5, 5.41) is 11.4. The third kappa shape index (κ3) is 4.23. The summed E-state index contributed by atoms with van der Waals surface area (Å²) in [6.45, 7) is 3.63. The molecule has 0 saturated heterocycles. The molecule has 0 saturated carbocycles. The SMILES string of the molecule is CCOc1cc(C(=O)OCc2nc3ccccc3nc2C)c([N+](=O)[O-])cc1OC. The van der Waals surface area contributed by atoms with Crippen molar-refractivity contribution in [1.29, 1.82) is 0 Å². The zero-order valence-electron chi connectivity index (χ0n) is 16.2. The van der Waals surface area contributed by atoms with E-state index in [0.29, 0.717) is 23.5 Å². The number of benzene rings is 2. The number of aromatic nitrogens is 2. The summed E-state index contributed by atoms with van der Waals surface area (Å²) < 4.78 is 15.8. The van der Waals surface area contributed by atoms with E-state index >= 15 is 0 Å². The lowest BCUT2D eigenvalue weighted by atomic mass is 10.1. The van der Waals surface area contributed by atoms with Crippen LogP contribution < -0.4 is 9.47 Å². The molecule has 0 aliphatic carbocycles. The van der Waals surface area contributed by atoms with Gasteiger partial charge in [-0.1, -0.05) is 12.1 Å². The molecule has 3 rings (SSSR count). The monoisotopic (exact) mass is 397 g/mol. The van der Waals surface area contributed by atoms with Crippen LogP contribution in [-0.2, 0) is 11.3 Å². The molecule has 29 heavy (non-hydrogen) atoms. The quantitative estimate of drug-likeness (QED) is 0.337. The number of carbonyl (C=O) groups excluding carboxylic acids is 1. The average Bonchev–Trinajstić information content (AvgIpc) is 2.71. The highest BCUT2D eigenvalue weighted by atomic mass is 16.6. The first-order chi connectivity index (χ1) is 13.9. The van der Waals surface area contributed by atoms with Crippen LogP contribution in [0.4, 0.5) is 5.69 Å². The highest BCUT2D eigenvalue weighted by Crippen LogP contribution is 2.35. The van der Waals surface area contributed by atoms with Crippen molar-refractivity contribution in [2.75, 3.05) is 13.7 Å². The molecular weight excluding hydrogens is 378 g/mol. The number of esters is 1. The van der Waals surface area contributed by atoms with Gasteiger partial charge in [-0.15, -0.1) is 0 Å². The Morgan fingerprint density at radius 1 is 1.14 bits per heavy atom. The van der Waals surface area contributed by atoms with E-state index in [1.807, 2.05) is 18.2 Å². The molecular formula is C20H19N3O6. The number of nitrogens with zero attached hydrogens (tertiary/aromatic N) is 3. The number of carbonyl (C=O) groups is 1. The number of fused-ring (bicyclic) bond motifs is 1. The molecule has 0 atom stereocenters. The minimum Gasteiger partial charge on any atom is -0.493 e. The molecule has 9 nitrogen and oxygen atoms in total. The minimum absolute atomic E-state index is 0.159. The van der Waals surface area contributed by atoms with Gasteiger partial charge in [0.1, 0.15) is 12.2 Å². The van der Waals surface area contributed by atoms with Gasteiger partial charge in [0.2, 0.25) is 0 Å². The minimum atomic E-state index is -0.866. The van der Waals surface area contributed by atoms with Crippen LogP contribution >= 0.6 is 0 Å². The Bertz CT molecular complexity index is 1080. The molecule has 0 aliphatic rings. The number of nitro groups is 1. The molecule has 1 aromatic heterocycles. The van der Waals surface area contributed by atoms with E-state index in [9.17, 15) is 14.9 Å². The summed E-state index contributed by atoms with van der Waals surface area (Å²) in [4.78, 5) is 32.2. The maximum Gasteiger partial charge on any atom is 0.345 e. The standard InChI is InChI=1S/C20H19N3O6/c1-4-28-19-9-13(17(23(25)26)10-18(19)27-3)20(24)29-11-16-12(2)21-14-7-5-6-8-15(14)22-16/h5-10H,4,11H2,1-3H3. The van der Waals surface area contributed by atoms with Gasteiger partial charge in [0.15, 0.2) is 11.5 Å². The third-order valence-electron chi connectivity index (χ3n) is 4.18. The lowest BCUT2D eigenvalue weighted by Crippen LogP contribution is -2.11. The normalized spacial score (nSPS) is 10.6. The Hall–Kier alpha value is -3.75. The van der Waals surface area contributed by atoms with Crippen molar-refractivity contribution in [3.63, 3.8) is 0 Å². The summed E-state index contributed by atoms with van der Waals surface area (Å²) in [5.41, 5.74) is 1.81. The predicted molar refractivity (Wildman–Crippen MR) is 104 cm³/mol. The molecule has 3 aromatic rings. The van der Waals surface area contributed by atoms with Crippen molar-refractivity contribution >= 4 is 22.7 Å². The van der Waals surface area contributed by atoms with Crippen LogP contribution in [0.2, 0.25) is 0 Å². The van der Waals surface area contributed by atoms with E-state index in [2.05, 4.69) is 9.97 Å². The summed E-state index contributed by atoms with van der Waals surface area (Å²) in [6, 6.07) is 9.72. The number of rotatable bonds is 7. The zero-order valence-corrected chi connectivity index (χ0v) is 16.2. The van der Waals surface area contributed by atoms with Gasteiger partial charge < -0.3 is 14.2 Å². The Morgan fingerprint density at radius 3 is 2.45 bits per heavy atom. The van der Waals surface area contributed by atoms with Crippen molar-refractivity contribution in [1.82, 2.24) is 9.97 Å². The lowest BCUT2D eigenvalue weighted by Gasteiger charge is -2.12. The van der Waals surface area contributed by atoms with Gasteiger partial charge in [-0.25, -0.2) is 14.8 Å². The van der Waals surface area contributed by atoms with Crippen LogP contribution in [0.3, 0.4) is 0 Å². The number of para-hydroxylation sites is 2. The fourth-order valence-corrected chi connectivity index (χ4v) is 2.76. The maximum atomic E-state index is 12.6. The Balaban J connectivity index is 1.89.